The Hall–Kier alpha value is -1.01. The smallest absolute Gasteiger partial charge is 0.179 e. The number of hydrazine groups is 1. The minimum absolute atomic E-state index is 0.0447. The van der Waals surface area contributed by atoms with Crippen molar-refractivity contribution in [1.82, 2.24) is 5.43 Å². The van der Waals surface area contributed by atoms with Gasteiger partial charge in [0.05, 0.1) is 24.8 Å². The van der Waals surface area contributed by atoms with Gasteiger partial charge in [-0.2, -0.15) is 0 Å². The van der Waals surface area contributed by atoms with E-state index in [1.165, 1.54) is 0 Å². The van der Waals surface area contributed by atoms with Crippen LogP contribution in [0.1, 0.15) is 38.3 Å². The van der Waals surface area contributed by atoms with Crippen LogP contribution in [0.5, 0.6) is 11.5 Å². The zero-order chi connectivity index (χ0) is 16.0. The van der Waals surface area contributed by atoms with Gasteiger partial charge in [0.15, 0.2) is 11.5 Å². The Kier molecular flexibility index (Phi) is 6.74. The lowest BCUT2D eigenvalue weighted by atomic mass is 9.95. The van der Waals surface area contributed by atoms with Crippen LogP contribution in [0.4, 0.5) is 0 Å². The molecule has 0 saturated carbocycles. The van der Waals surface area contributed by atoms with Crippen molar-refractivity contribution in [2.24, 2.45) is 5.84 Å². The van der Waals surface area contributed by atoms with Gasteiger partial charge in [0, 0.05) is 13.2 Å². The van der Waals surface area contributed by atoms with E-state index in [1.54, 1.807) is 21.3 Å². The largest absolute Gasteiger partial charge is 0.493 e. The van der Waals surface area contributed by atoms with E-state index in [-0.39, 0.29) is 11.6 Å². The maximum absolute atomic E-state index is 6.23. The first-order valence-electron chi connectivity index (χ1n) is 6.81. The van der Waals surface area contributed by atoms with E-state index in [0.717, 1.165) is 18.4 Å². The summed E-state index contributed by atoms with van der Waals surface area (Å²) in [7, 11) is 4.85. The van der Waals surface area contributed by atoms with E-state index in [9.17, 15) is 0 Å². The molecule has 21 heavy (non-hydrogen) atoms. The first kappa shape index (κ1) is 18.0. The zero-order valence-corrected chi connectivity index (χ0v) is 14.1. The lowest BCUT2D eigenvalue weighted by molar-refractivity contribution is 0.0117. The van der Waals surface area contributed by atoms with Gasteiger partial charge in [-0.15, -0.1) is 0 Å². The molecule has 1 unspecified atom stereocenters. The van der Waals surface area contributed by atoms with Gasteiger partial charge in [-0.25, -0.2) is 0 Å². The quantitative estimate of drug-likeness (QED) is 0.570. The first-order valence-corrected chi connectivity index (χ1v) is 7.19. The monoisotopic (exact) mass is 316 g/mol. The van der Waals surface area contributed by atoms with Crippen LogP contribution in [0.15, 0.2) is 12.1 Å². The van der Waals surface area contributed by atoms with Crippen molar-refractivity contribution in [3.8, 4) is 11.5 Å². The van der Waals surface area contributed by atoms with Gasteiger partial charge in [0.1, 0.15) is 0 Å². The van der Waals surface area contributed by atoms with Crippen LogP contribution in [0, 0.1) is 0 Å². The molecule has 0 heterocycles. The fourth-order valence-electron chi connectivity index (χ4n) is 2.08. The van der Waals surface area contributed by atoms with Crippen LogP contribution in [0.25, 0.3) is 0 Å². The highest BCUT2D eigenvalue weighted by Crippen LogP contribution is 2.38. The van der Waals surface area contributed by atoms with Crippen LogP contribution in [0.3, 0.4) is 0 Å². The normalized spacial score (nSPS) is 13.1. The molecule has 0 radical (unpaired) electrons. The second-order valence-corrected chi connectivity index (χ2v) is 5.87. The number of hydrogen-bond donors (Lipinski definition) is 2. The lowest BCUT2D eigenvalue weighted by Gasteiger charge is -2.26. The molecule has 0 bridgehead atoms. The number of halogens is 1. The van der Waals surface area contributed by atoms with E-state index in [0.29, 0.717) is 16.5 Å². The standard InChI is InChI=1S/C15H25ClN2O3/c1-15(2,21-5)7-6-12(18-17)10-8-11(16)14(20-4)13(9-10)19-3/h8-9,12,18H,6-7,17H2,1-5H3. The van der Waals surface area contributed by atoms with E-state index in [4.69, 9.17) is 31.7 Å². The molecule has 0 spiro atoms. The van der Waals surface area contributed by atoms with Crippen molar-refractivity contribution in [1.29, 1.82) is 0 Å². The fourth-order valence-corrected chi connectivity index (χ4v) is 2.38. The highest BCUT2D eigenvalue weighted by molar-refractivity contribution is 6.32. The number of nitrogens with two attached hydrogens (primary N) is 1. The molecule has 0 aliphatic rings. The van der Waals surface area contributed by atoms with Crippen LogP contribution in [0.2, 0.25) is 5.02 Å². The van der Waals surface area contributed by atoms with Gasteiger partial charge >= 0.3 is 0 Å². The Labute approximate surface area is 131 Å². The van der Waals surface area contributed by atoms with Crippen molar-refractivity contribution in [2.45, 2.75) is 38.3 Å². The van der Waals surface area contributed by atoms with Crippen LogP contribution in [-0.4, -0.2) is 26.9 Å². The van der Waals surface area contributed by atoms with Crippen molar-refractivity contribution in [3.05, 3.63) is 22.7 Å². The number of methoxy groups -OCH3 is 3. The topological polar surface area (TPSA) is 65.7 Å². The van der Waals surface area contributed by atoms with E-state index in [2.05, 4.69) is 5.43 Å². The fraction of sp³-hybridized carbons (Fsp3) is 0.600. The molecule has 3 N–H and O–H groups in total. The second-order valence-electron chi connectivity index (χ2n) is 5.46. The number of hydrogen-bond acceptors (Lipinski definition) is 5. The number of benzene rings is 1. The molecule has 0 amide bonds. The van der Waals surface area contributed by atoms with Crippen molar-refractivity contribution in [3.63, 3.8) is 0 Å². The maximum atomic E-state index is 6.23. The number of rotatable bonds is 8. The second kappa shape index (κ2) is 7.84. The zero-order valence-electron chi connectivity index (χ0n) is 13.3. The third-order valence-electron chi connectivity index (χ3n) is 3.65. The highest BCUT2D eigenvalue weighted by atomic mass is 35.5. The first-order chi connectivity index (χ1) is 9.88. The summed E-state index contributed by atoms with van der Waals surface area (Å²) in [6.07, 6.45) is 1.66. The average Bonchev–Trinajstić information content (AvgIpc) is 2.47. The van der Waals surface area contributed by atoms with Gasteiger partial charge in [0.25, 0.3) is 0 Å². The summed E-state index contributed by atoms with van der Waals surface area (Å²) in [4.78, 5) is 0. The SMILES string of the molecule is COc1cc(C(CCC(C)(C)OC)NN)cc(Cl)c1OC. The Balaban J connectivity index is 2.98. The molecule has 1 rings (SSSR count). The summed E-state index contributed by atoms with van der Waals surface area (Å²) in [5.74, 6) is 6.79. The molecule has 6 heteroatoms. The van der Waals surface area contributed by atoms with E-state index in [1.807, 2.05) is 26.0 Å². The summed E-state index contributed by atoms with van der Waals surface area (Å²) >= 11 is 6.23. The predicted molar refractivity (Wildman–Crippen MR) is 84.9 cm³/mol. The predicted octanol–water partition coefficient (Wildman–Crippen LogP) is 3.07. The van der Waals surface area contributed by atoms with Gasteiger partial charge in [-0.1, -0.05) is 11.6 Å². The van der Waals surface area contributed by atoms with Gasteiger partial charge in [-0.3, -0.25) is 11.3 Å². The molecule has 0 aliphatic heterocycles. The minimum atomic E-state index is -0.199. The molecular formula is C15H25ClN2O3. The maximum Gasteiger partial charge on any atom is 0.179 e. The Morgan fingerprint density at radius 1 is 1.24 bits per heavy atom. The molecule has 0 saturated heterocycles. The van der Waals surface area contributed by atoms with Crippen LogP contribution in [-0.2, 0) is 4.74 Å². The van der Waals surface area contributed by atoms with Crippen LogP contribution < -0.4 is 20.7 Å². The van der Waals surface area contributed by atoms with Gasteiger partial charge in [0.2, 0.25) is 0 Å². The van der Waals surface area contributed by atoms with Crippen molar-refractivity contribution < 1.29 is 14.2 Å². The molecule has 0 fully saturated rings. The summed E-state index contributed by atoms with van der Waals surface area (Å²) in [6, 6.07) is 3.68. The van der Waals surface area contributed by atoms with Gasteiger partial charge < -0.3 is 14.2 Å². The van der Waals surface area contributed by atoms with Crippen molar-refractivity contribution >= 4 is 11.6 Å². The summed E-state index contributed by atoms with van der Waals surface area (Å²) < 4.78 is 16.0. The summed E-state index contributed by atoms with van der Waals surface area (Å²) in [5.41, 5.74) is 3.57. The Morgan fingerprint density at radius 2 is 1.90 bits per heavy atom. The number of nitrogens with one attached hydrogen (secondary N) is 1. The molecule has 1 aromatic carbocycles. The van der Waals surface area contributed by atoms with Crippen molar-refractivity contribution in [2.75, 3.05) is 21.3 Å². The molecule has 5 nitrogen and oxygen atoms in total. The third kappa shape index (κ3) is 4.74. The number of ether oxygens (including phenoxy) is 3. The molecule has 1 aromatic rings. The van der Waals surface area contributed by atoms with E-state index >= 15 is 0 Å². The molecule has 1 atom stereocenters. The van der Waals surface area contributed by atoms with Gasteiger partial charge in [-0.05, 0) is 44.4 Å². The Morgan fingerprint density at radius 3 is 2.38 bits per heavy atom. The third-order valence-corrected chi connectivity index (χ3v) is 3.93. The summed E-state index contributed by atoms with van der Waals surface area (Å²) in [5, 5.41) is 0.498. The molecule has 0 aliphatic carbocycles. The lowest BCUT2D eigenvalue weighted by Crippen LogP contribution is -2.31. The average molecular weight is 317 g/mol. The molecule has 120 valence electrons. The highest BCUT2D eigenvalue weighted by Gasteiger charge is 2.21. The Bertz CT molecular complexity index is 466. The molecular weight excluding hydrogens is 292 g/mol. The van der Waals surface area contributed by atoms with E-state index < -0.39 is 0 Å². The minimum Gasteiger partial charge on any atom is -0.493 e. The van der Waals surface area contributed by atoms with Crippen LogP contribution >= 0.6 is 11.6 Å². The summed E-state index contributed by atoms with van der Waals surface area (Å²) in [6.45, 7) is 4.09. The molecule has 0 aromatic heterocycles.